The topological polar surface area (TPSA) is 89.3 Å². The van der Waals surface area contributed by atoms with E-state index in [9.17, 15) is 9.18 Å². The molecule has 0 saturated carbocycles. The van der Waals surface area contributed by atoms with Gasteiger partial charge in [-0.3, -0.25) is 10.1 Å². The summed E-state index contributed by atoms with van der Waals surface area (Å²) in [5, 5.41) is 6.19. The average molecular weight is 365 g/mol. The first-order valence-corrected chi connectivity index (χ1v) is 8.14. The molecule has 0 spiro atoms. The standard InChI is InChI=1S/C17H18ClFN4O2/c1-17(16(20)21-6-7-25-17)12-8-11(3-4-13(12)19)23-15(24)14-5-2-10(18)9-22-14/h2-5,8-9,16,21H,6-7,20H2,1H3,(H,23,24)/t16-,17+/m1/s1. The van der Waals surface area contributed by atoms with Crippen LogP contribution in [0, 0.1) is 5.82 Å². The van der Waals surface area contributed by atoms with Crippen molar-refractivity contribution in [2.75, 3.05) is 18.5 Å². The summed E-state index contributed by atoms with van der Waals surface area (Å²) in [7, 11) is 0. The molecule has 2 atom stereocenters. The number of nitrogens with zero attached hydrogens (tertiary/aromatic N) is 1. The quantitative estimate of drug-likeness (QED) is 0.777. The molecule has 1 amide bonds. The number of carbonyl (C=O) groups excluding carboxylic acids is 1. The second kappa shape index (κ2) is 7.05. The molecule has 4 N–H and O–H groups in total. The lowest BCUT2D eigenvalue weighted by Gasteiger charge is -2.40. The minimum Gasteiger partial charge on any atom is -0.366 e. The van der Waals surface area contributed by atoms with Gasteiger partial charge in [0.15, 0.2) is 0 Å². The summed E-state index contributed by atoms with van der Waals surface area (Å²) in [5.74, 6) is -0.879. The number of benzene rings is 1. The molecule has 25 heavy (non-hydrogen) atoms. The van der Waals surface area contributed by atoms with Crippen molar-refractivity contribution in [3.8, 4) is 0 Å². The number of carbonyl (C=O) groups is 1. The Hall–Kier alpha value is -2.06. The predicted octanol–water partition coefficient (Wildman–Crippen LogP) is 2.25. The van der Waals surface area contributed by atoms with Crippen molar-refractivity contribution in [1.29, 1.82) is 0 Å². The third kappa shape index (κ3) is 3.64. The van der Waals surface area contributed by atoms with Crippen LogP contribution in [-0.2, 0) is 10.3 Å². The van der Waals surface area contributed by atoms with E-state index >= 15 is 0 Å². The molecule has 1 saturated heterocycles. The number of aromatic nitrogens is 1. The van der Waals surface area contributed by atoms with Crippen LogP contribution in [0.25, 0.3) is 0 Å². The van der Waals surface area contributed by atoms with Crippen LogP contribution in [0.5, 0.6) is 0 Å². The Bertz CT molecular complexity index is 787. The van der Waals surface area contributed by atoms with E-state index in [1.807, 2.05) is 0 Å². The lowest BCUT2D eigenvalue weighted by Crippen LogP contribution is -2.59. The second-order valence-electron chi connectivity index (χ2n) is 5.90. The number of nitrogens with two attached hydrogens (primary N) is 1. The van der Waals surface area contributed by atoms with Gasteiger partial charge in [-0.05, 0) is 37.3 Å². The first kappa shape index (κ1) is 17.8. The maximum Gasteiger partial charge on any atom is 0.274 e. The molecule has 8 heteroatoms. The zero-order valence-electron chi connectivity index (χ0n) is 13.6. The molecule has 0 radical (unpaired) electrons. The maximum atomic E-state index is 14.4. The number of morpholine rings is 1. The summed E-state index contributed by atoms with van der Waals surface area (Å²) in [4.78, 5) is 16.2. The third-order valence-corrected chi connectivity index (χ3v) is 4.40. The van der Waals surface area contributed by atoms with E-state index in [0.29, 0.717) is 23.9 Å². The summed E-state index contributed by atoms with van der Waals surface area (Å²) in [5.41, 5.74) is 5.91. The molecule has 6 nitrogen and oxygen atoms in total. The predicted molar refractivity (Wildman–Crippen MR) is 92.9 cm³/mol. The van der Waals surface area contributed by atoms with Crippen LogP contribution in [0.15, 0.2) is 36.5 Å². The molecule has 0 bridgehead atoms. The van der Waals surface area contributed by atoms with Crippen LogP contribution >= 0.6 is 11.6 Å². The molecular formula is C17H18ClFN4O2. The molecule has 1 aliphatic heterocycles. The molecule has 0 aliphatic carbocycles. The first-order chi connectivity index (χ1) is 11.9. The minimum absolute atomic E-state index is 0.203. The first-order valence-electron chi connectivity index (χ1n) is 7.76. The SMILES string of the molecule is C[C@@]1(c2cc(NC(=O)c3ccc(Cl)cn3)ccc2F)OCCN[C@H]1N. The van der Waals surface area contributed by atoms with Gasteiger partial charge in [0.25, 0.3) is 5.91 Å². The fourth-order valence-corrected chi connectivity index (χ4v) is 2.81. The fourth-order valence-electron chi connectivity index (χ4n) is 2.70. The Morgan fingerprint density at radius 3 is 2.96 bits per heavy atom. The molecule has 1 aliphatic rings. The Labute approximate surface area is 149 Å². The monoisotopic (exact) mass is 364 g/mol. The van der Waals surface area contributed by atoms with E-state index in [2.05, 4.69) is 15.6 Å². The van der Waals surface area contributed by atoms with E-state index in [1.54, 1.807) is 13.0 Å². The zero-order valence-corrected chi connectivity index (χ0v) is 14.3. The molecule has 132 valence electrons. The zero-order chi connectivity index (χ0) is 18.0. The highest BCUT2D eigenvalue weighted by Gasteiger charge is 2.39. The number of anilines is 1. The Morgan fingerprint density at radius 2 is 2.28 bits per heavy atom. The average Bonchev–Trinajstić information content (AvgIpc) is 2.60. The van der Waals surface area contributed by atoms with Gasteiger partial charge in [-0.2, -0.15) is 0 Å². The van der Waals surface area contributed by atoms with Gasteiger partial charge in [-0.25, -0.2) is 9.37 Å². The molecule has 0 unspecified atom stereocenters. The van der Waals surface area contributed by atoms with Gasteiger partial charge in [0.1, 0.15) is 17.1 Å². The maximum absolute atomic E-state index is 14.4. The van der Waals surface area contributed by atoms with E-state index < -0.39 is 23.5 Å². The number of halogens is 2. The lowest BCUT2D eigenvalue weighted by molar-refractivity contribution is -0.0902. The van der Waals surface area contributed by atoms with Crippen LogP contribution in [-0.4, -0.2) is 30.2 Å². The number of pyridine rings is 1. The highest BCUT2D eigenvalue weighted by molar-refractivity contribution is 6.30. The van der Waals surface area contributed by atoms with E-state index in [-0.39, 0.29) is 11.3 Å². The summed E-state index contributed by atoms with van der Waals surface area (Å²) in [6, 6.07) is 7.35. The minimum atomic E-state index is -1.04. The lowest BCUT2D eigenvalue weighted by atomic mass is 9.90. The van der Waals surface area contributed by atoms with Gasteiger partial charge in [0.05, 0.1) is 17.8 Å². The summed E-state index contributed by atoms with van der Waals surface area (Å²) in [6.45, 7) is 2.72. The van der Waals surface area contributed by atoms with Crippen molar-refractivity contribution in [3.05, 3.63) is 58.6 Å². The molecule has 2 heterocycles. The van der Waals surface area contributed by atoms with Gasteiger partial charge in [-0.15, -0.1) is 0 Å². The number of ether oxygens (including phenoxy) is 1. The van der Waals surface area contributed by atoms with Gasteiger partial charge >= 0.3 is 0 Å². The van der Waals surface area contributed by atoms with Crippen molar-refractivity contribution in [2.24, 2.45) is 5.73 Å². The summed E-state index contributed by atoms with van der Waals surface area (Å²) >= 11 is 5.76. The Morgan fingerprint density at radius 1 is 1.48 bits per heavy atom. The van der Waals surface area contributed by atoms with E-state index in [1.165, 1.54) is 30.5 Å². The number of hydrogen-bond acceptors (Lipinski definition) is 5. The van der Waals surface area contributed by atoms with Crippen molar-refractivity contribution in [2.45, 2.75) is 18.7 Å². The van der Waals surface area contributed by atoms with Crippen molar-refractivity contribution in [3.63, 3.8) is 0 Å². The molecule has 1 aromatic carbocycles. The van der Waals surface area contributed by atoms with Crippen LogP contribution < -0.4 is 16.4 Å². The molecule has 2 aromatic rings. The number of rotatable bonds is 3. The van der Waals surface area contributed by atoms with Gasteiger partial charge in [0, 0.05) is 24.0 Å². The largest absolute Gasteiger partial charge is 0.366 e. The smallest absolute Gasteiger partial charge is 0.274 e. The fraction of sp³-hybridized carbons (Fsp3) is 0.294. The summed E-state index contributed by atoms with van der Waals surface area (Å²) in [6.07, 6.45) is 0.813. The molecule has 3 rings (SSSR count). The Balaban J connectivity index is 1.86. The normalized spacial score (nSPS) is 23.3. The van der Waals surface area contributed by atoms with Crippen LogP contribution in [0.3, 0.4) is 0 Å². The molecule has 1 fully saturated rings. The van der Waals surface area contributed by atoms with Gasteiger partial charge in [-0.1, -0.05) is 11.6 Å². The highest BCUT2D eigenvalue weighted by atomic mass is 35.5. The number of hydrogen-bond donors (Lipinski definition) is 3. The van der Waals surface area contributed by atoms with Crippen LogP contribution in [0.2, 0.25) is 5.02 Å². The van der Waals surface area contributed by atoms with Gasteiger partial charge in [0.2, 0.25) is 0 Å². The van der Waals surface area contributed by atoms with Crippen molar-refractivity contribution < 1.29 is 13.9 Å². The van der Waals surface area contributed by atoms with Crippen LogP contribution in [0.4, 0.5) is 10.1 Å². The summed E-state index contributed by atoms with van der Waals surface area (Å²) < 4.78 is 20.1. The third-order valence-electron chi connectivity index (χ3n) is 4.18. The molecule has 1 aromatic heterocycles. The van der Waals surface area contributed by atoms with Gasteiger partial charge < -0.3 is 15.8 Å². The Kier molecular flexibility index (Phi) is 5.01. The molecular weight excluding hydrogens is 347 g/mol. The second-order valence-corrected chi connectivity index (χ2v) is 6.33. The van der Waals surface area contributed by atoms with Crippen molar-refractivity contribution >= 4 is 23.2 Å². The van der Waals surface area contributed by atoms with E-state index in [0.717, 1.165) is 0 Å². The van der Waals surface area contributed by atoms with E-state index in [4.69, 9.17) is 22.1 Å². The van der Waals surface area contributed by atoms with Crippen molar-refractivity contribution in [1.82, 2.24) is 10.3 Å². The highest BCUT2D eigenvalue weighted by Crippen LogP contribution is 2.33. The number of nitrogens with one attached hydrogen (secondary N) is 2. The van der Waals surface area contributed by atoms with Crippen LogP contribution in [0.1, 0.15) is 23.0 Å². The number of amides is 1.